The Balaban J connectivity index is 1.70. The van der Waals surface area contributed by atoms with Gasteiger partial charge in [0.05, 0.1) is 0 Å². The predicted octanol–water partition coefficient (Wildman–Crippen LogP) is 2.10. The lowest BCUT2D eigenvalue weighted by Gasteiger charge is -2.37. The van der Waals surface area contributed by atoms with Gasteiger partial charge >= 0.3 is 6.03 Å². The fourth-order valence-electron chi connectivity index (χ4n) is 2.89. The molecule has 0 aromatic heterocycles. The third-order valence-corrected chi connectivity index (χ3v) is 6.16. The molecule has 2 amide bonds. The van der Waals surface area contributed by atoms with Crippen LogP contribution in [0.4, 0.5) is 4.79 Å². The maximum Gasteiger partial charge on any atom is 0.314 e. The second-order valence-corrected chi connectivity index (χ2v) is 7.29. The summed E-state index contributed by atoms with van der Waals surface area (Å²) < 4.78 is 0.336. The summed E-state index contributed by atoms with van der Waals surface area (Å²) in [6.45, 7) is 1.54. The van der Waals surface area contributed by atoms with E-state index in [2.05, 4.69) is 22.2 Å². The van der Waals surface area contributed by atoms with Gasteiger partial charge in [0.2, 0.25) is 0 Å². The first-order valence-corrected chi connectivity index (χ1v) is 8.62. The Morgan fingerprint density at radius 3 is 2.21 bits per heavy atom. The Kier molecular flexibility index (Phi) is 5.01. The number of hydrogen-bond donors (Lipinski definition) is 3. The summed E-state index contributed by atoms with van der Waals surface area (Å²) >= 11 is 1.88. The fourth-order valence-corrected chi connectivity index (χ4v) is 3.62. The monoisotopic (exact) mass is 285 g/mol. The van der Waals surface area contributed by atoms with E-state index in [1.54, 1.807) is 0 Å². The standard InChI is InChI=1S/C14H27N3OS/c1-15-13(6-4-3-5-7-13)10-16-12(18)17-11-14(19-2)8-9-14/h15H,3-11H2,1-2H3,(H2,16,17,18). The Morgan fingerprint density at radius 1 is 1.05 bits per heavy atom. The van der Waals surface area contributed by atoms with E-state index in [1.165, 1.54) is 44.9 Å². The minimum Gasteiger partial charge on any atom is -0.337 e. The van der Waals surface area contributed by atoms with E-state index >= 15 is 0 Å². The number of hydrogen-bond acceptors (Lipinski definition) is 3. The summed E-state index contributed by atoms with van der Waals surface area (Å²) in [5.74, 6) is 0. The zero-order valence-electron chi connectivity index (χ0n) is 12.2. The smallest absolute Gasteiger partial charge is 0.314 e. The molecule has 0 radical (unpaired) electrons. The topological polar surface area (TPSA) is 53.2 Å². The first kappa shape index (κ1) is 15.0. The molecule has 0 aromatic rings. The van der Waals surface area contributed by atoms with Gasteiger partial charge in [-0.15, -0.1) is 0 Å². The molecule has 110 valence electrons. The number of urea groups is 1. The quantitative estimate of drug-likeness (QED) is 0.700. The lowest BCUT2D eigenvalue weighted by Crippen LogP contribution is -2.55. The van der Waals surface area contributed by atoms with Crippen molar-refractivity contribution in [2.45, 2.75) is 55.2 Å². The number of nitrogens with one attached hydrogen (secondary N) is 3. The molecule has 2 saturated carbocycles. The maximum atomic E-state index is 11.9. The van der Waals surface area contributed by atoms with E-state index < -0.39 is 0 Å². The van der Waals surface area contributed by atoms with E-state index in [9.17, 15) is 4.79 Å². The highest BCUT2D eigenvalue weighted by Crippen LogP contribution is 2.46. The average Bonchev–Trinajstić information content (AvgIpc) is 3.25. The second kappa shape index (κ2) is 6.35. The van der Waals surface area contributed by atoms with Crippen LogP contribution in [0.15, 0.2) is 0 Å². The third-order valence-electron chi connectivity index (χ3n) is 4.74. The molecular formula is C14H27N3OS. The summed E-state index contributed by atoms with van der Waals surface area (Å²) in [4.78, 5) is 11.9. The Bertz CT molecular complexity index is 312. The van der Waals surface area contributed by atoms with Gasteiger partial charge in [-0.1, -0.05) is 19.3 Å². The van der Waals surface area contributed by atoms with Crippen LogP contribution < -0.4 is 16.0 Å². The molecule has 2 aliphatic carbocycles. The Morgan fingerprint density at radius 2 is 1.68 bits per heavy atom. The lowest BCUT2D eigenvalue weighted by molar-refractivity contribution is 0.217. The number of carbonyl (C=O) groups is 1. The van der Waals surface area contributed by atoms with Crippen LogP contribution in [-0.4, -0.2) is 42.7 Å². The molecule has 0 bridgehead atoms. The van der Waals surface area contributed by atoms with Gasteiger partial charge in [0.25, 0.3) is 0 Å². The van der Waals surface area contributed by atoms with E-state index in [0.29, 0.717) is 4.75 Å². The number of likely N-dealkylation sites (N-methyl/N-ethyl adjacent to an activating group) is 1. The first-order chi connectivity index (χ1) is 9.14. The molecule has 4 nitrogen and oxygen atoms in total. The third kappa shape index (κ3) is 4.02. The zero-order chi connectivity index (χ0) is 13.8. The van der Waals surface area contributed by atoms with Crippen LogP contribution in [0.25, 0.3) is 0 Å². The molecule has 0 aromatic carbocycles. The summed E-state index contributed by atoms with van der Waals surface area (Å²) in [6.07, 6.45) is 10.8. The predicted molar refractivity (Wildman–Crippen MR) is 81.8 cm³/mol. The van der Waals surface area contributed by atoms with Crippen molar-refractivity contribution in [2.75, 3.05) is 26.4 Å². The van der Waals surface area contributed by atoms with Gasteiger partial charge in [-0.25, -0.2) is 4.79 Å². The molecular weight excluding hydrogens is 258 g/mol. The zero-order valence-corrected chi connectivity index (χ0v) is 13.0. The highest BCUT2D eigenvalue weighted by atomic mass is 32.2. The van der Waals surface area contributed by atoms with Crippen LogP contribution >= 0.6 is 11.8 Å². The highest BCUT2D eigenvalue weighted by Gasteiger charge is 2.42. The van der Waals surface area contributed by atoms with Crippen molar-refractivity contribution in [1.29, 1.82) is 0 Å². The number of rotatable bonds is 6. The molecule has 0 aliphatic heterocycles. The molecule has 19 heavy (non-hydrogen) atoms. The van der Waals surface area contributed by atoms with Gasteiger partial charge in [-0.05, 0) is 39.0 Å². The van der Waals surface area contributed by atoms with Crippen molar-refractivity contribution in [3.63, 3.8) is 0 Å². The molecule has 2 fully saturated rings. The maximum absolute atomic E-state index is 11.9. The molecule has 2 rings (SSSR count). The second-order valence-electron chi connectivity index (χ2n) is 6.01. The molecule has 0 spiro atoms. The number of amides is 2. The summed E-state index contributed by atoms with van der Waals surface area (Å²) in [5.41, 5.74) is 0.117. The minimum absolute atomic E-state index is 0.0134. The van der Waals surface area contributed by atoms with E-state index in [1.807, 2.05) is 18.8 Å². The van der Waals surface area contributed by atoms with Crippen molar-refractivity contribution in [1.82, 2.24) is 16.0 Å². The van der Waals surface area contributed by atoms with Crippen LogP contribution in [0, 0.1) is 0 Å². The van der Waals surface area contributed by atoms with Gasteiger partial charge in [0.1, 0.15) is 0 Å². The van der Waals surface area contributed by atoms with Gasteiger partial charge < -0.3 is 16.0 Å². The molecule has 0 unspecified atom stereocenters. The average molecular weight is 285 g/mol. The minimum atomic E-state index is -0.0134. The van der Waals surface area contributed by atoms with E-state index in [0.717, 1.165) is 13.1 Å². The summed E-state index contributed by atoms with van der Waals surface area (Å²) in [5, 5.41) is 9.49. The van der Waals surface area contributed by atoms with Crippen LogP contribution in [0.2, 0.25) is 0 Å². The summed E-state index contributed by atoms with van der Waals surface area (Å²) in [7, 11) is 2.01. The van der Waals surface area contributed by atoms with Crippen LogP contribution in [0.1, 0.15) is 44.9 Å². The van der Waals surface area contributed by atoms with E-state index in [-0.39, 0.29) is 11.6 Å². The van der Waals surface area contributed by atoms with Crippen molar-refractivity contribution in [3.8, 4) is 0 Å². The SMILES string of the molecule is CNC1(CNC(=O)NCC2(SC)CC2)CCCCC1. The molecule has 2 aliphatic rings. The molecule has 3 N–H and O–H groups in total. The summed E-state index contributed by atoms with van der Waals surface area (Å²) in [6, 6.07) is -0.0134. The first-order valence-electron chi connectivity index (χ1n) is 7.39. The van der Waals surface area contributed by atoms with Crippen molar-refractivity contribution >= 4 is 17.8 Å². The van der Waals surface area contributed by atoms with Gasteiger partial charge in [0.15, 0.2) is 0 Å². The number of thioether (sulfide) groups is 1. The highest BCUT2D eigenvalue weighted by molar-refractivity contribution is 8.00. The molecule has 0 saturated heterocycles. The van der Waals surface area contributed by atoms with Crippen molar-refractivity contribution < 1.29 is 4.79 Å². The molecule has 0 atom stereocenters. The normalized spacial score (nSPS) is 23.7. The van der Waals surface area contributed by atoms with Crippen molar-refractivity contribution in [2.24, 2.45) is 0 Å². The van der Waals surface area contributed by atoms with Gasteiger partial charge in [-0.2, -0.15) is 11.8 Å². The Hall–Kier alpha value is -0.420. The van der Waals surface area contributed by atoms with Crippen LogP contribution in [-0.2, 0) is 0 Å². The molecule has 5 heteroatoms. The van der Waals surface area contributed by atoms with E-state index in [4.69, 9.17) is 0 Å². The lowest BCUT2D eigenvalue weighted by atomic mass is 9.82. The van der Waals surface area contributed by atoms with Gasteiger partial charge in [-0.3, -0.25) is 0 Å². The number of carbonyl (C=O) groups excluding carboxylic acids is 1. The fraction of sp³-hybridized carbons (Fsp3) is 0.929. The van der Waals surface area contributed by atoms with Gasteiger partial charge in [0, 0.05) is 23.4 Å². The van der Waals surface area contributed by atoms with Crippen LogP contribution in [0.3, 0.4) is 0 Å². The van der Waals surface area contributed by atoms with Crippen LogP contribution in [0.5, 0.6) is 0 Å². The largest absolute Gasteiger partial charge is 0.337 e. The Labute approximate surface area is 120 Å². The van der Waals surface area contributed by atoms with Crippen molar-refractivity contribution in [3.05, 3.63) is 0 Å². The molecule has 0 heterocycles.